The molecular formula is C32H29BO2. The van der Waals surface area contributed by atoms with Gasteiger partial charge in [0.05, 0.1) is 11.2 Å². The van der Waals surface area contributed by atoms with Crippen LogP contribution < -0.4 is 5.46 Å². The Morgan fingerprint density at radius 3 is 1.57 bits per heavy atom. The molecule has 0 amide bonds. The Bertz CT molecular complexity index is 1550. The van der Waals surface area contributed by atoms with Crippen molar-refractivity contribution in [3.05, 3.63) is 103 Å². The van der Waals surface area contributed by atoms with Gasteiger partial charge in [0.1, 0.15) is 0 Å². The summed E-state index contributed by atoms with van der Waals surface area (Å²) >= 11 is 0. The van der Waals surface area contributed by atoms with E-state index in [9.17, 15) is 0 Å². The van der Waals surface area contributed by atoms with Crippen LogP contribution in [0.25, 0.3) is 43.8 Å². The van der Waals surface area contributed by atoms with Crippen molar-refractivity contribution in [1.29, 1.82) is 0 Å². The fourth-order valence-electron chi connectivity index (χ4n) is 4.90. The normalized spacial score (nSPS) is 16.7. The van der Waals surface area contributed by atoms with Crippen molar-refractivity contribution in [1.82, 2.24) is 0 Å². The first-order valence-corrected chi connectivity index (χ1v) is 12.3. The van der Waals surface area contributed by atoms with Crippen LogP contribution in [0.5, 0.6) is 0 Å². The highest BCUT2D eigenvalue weighted by molar-refractivity contribution is 6.62. The number of hydrogen-bond acceptors (Lipinski definition) is 2. The molecule has 0 unspecified atom stereocenters. The van der Waals surface area contributed by atoms with Gasteiger partial charge in [0, 0.05) is 0 Å². The predicted molar refractivity (Wildman–Crippen MR) is 148 cm³/mol. The Labute approximate surface area is 207 Å². The second kappa shape index (κ2) is 8.08. The molecular weight excluding hydrogens is 427 g/mol. The molecule has 0 N–H and O–H groups in total. The summed E-state index contributed by atoms with van der Waals surface area (Å²) in [5.41, 5.74) is 5.29. The third-order valence-electron chi connectivity index (χ3n) is 7.69. The Morgan fingerprint density at radius 1 is 0.486 bits per heavy atom. The van der Waals surface area contributed by atoms with Crippen molar-refractivity contribution < 1.29 is 9.31 Å². The van der Waals surface area contributed by atoms with Crippen molar-refractivity contribution in [3.63, 3.8) is 0 Å². The molecule has 5 aromatic rings. The van der Waals surface area contributed by atoms with Crippen LogP contribution in [0.1, 0.15) is 27.7 Å². The molecule has 1 aliphatic rings. The first-order valence-electron chi connectivity index (χ1n) is 12.3. The lowest BCUT2D eigenvalue weighted by Gasteiger charge is -2.32. The van der Waals surface area contributed by atoms with Gasteiger partial charge in [-0.3, -0.25) is 0 Å². The Kier molecular flexibility index (Phi) is 5.10. The first kappa shape index (κ1) is 22.1. The second-order valence-corrected chi connectivity index (χ2v) is 10.5. The highest BCUT2D eigenvalue weighted by Gasteiger charge is 2.51. The Hall–Kier alpha value is -3.40. The monoisotopic (exact) mass is 456 g/mol. The van der Waals surface area contributed by atoms with Crippen LogP contribution >= 0.6 is 0 Å². The number of rotatable bonds is 3. The minimum atomic E-state index is -0.349. The molecule has 0 aromatic heterocycles. The summed E-state index contributed by atoms with van der Waals surface area (Å²) < 4.78 is 12.5. The molecule has 3 heteroatoms. The minimum absolute atomic E-state index is 0.344. The van der Waals surface area contributed by atoms with E-state index in [1.165, 1.54) is 43.8 Å². The van der Waals surface area contributed by atoms with Crippen LogP contribution in [0.15, 0.2) is 103 Å². The van der Waals surface area contributed by atoms with Gasteiger partial charge in [-0.2, -0.15) is 0 Å². The lowest BCUT2D eigenvalue weighted by Crippen LogP contribution is -2.41. The van der Waals surface area contributed by atoms with Crippen molar-refractivity contribution in [3.8, 4) is 22.3 Å². The lowest BCUT2D eigenvalue weighted by molar-refractivity contribution is 0.00578. The molecule has 1 saturated heterocycles. The zero-order valence-electron chi connectivity index (χ0n) is 20.7. The van der Waals surface area contributed by atoms with Crippen LogP contribution in [0.3, 0.4) is 0 Å². The average Bonchev–Trinajstić information content (AvgIpc) is 3.09. The quantitative estimate of drug-likeness (QED) is 0.260. The van der Waals surface area contributed by atoms with Crippen molar-refractivity contribution in [2.24, 2.45) is 0 Å². The van der Waals surface area contributed by atoms with E-state index in [0.29, 0.717) is 0 Å². The second-order valence-electron chi connectivity index (χ2n) is 10.5. The third-order valence-corrected chi connectivity index (χ3v) is 7.69. The summed E-state index contributed by atoms with van der Waals surface area (Å²) in [5.74, 6) is 0. The lowest BCUT2D eigenvalue weighted by atomic mass is 9.78. The van der Waals surface area contributed by atoms with E-state index in [2.05, 4.69) is 131 Å². The minimum Gasteiger partial charge on any atom is -0.399 e. The number of benzene rings is 5. The van der Waals surface area contributed by atoms with Gasteiger partial charge in [-0.1, -0.05) is 91.0 Å². The van der Waals surface area contributed by atoms with Gasteiger partial charge >= 0.3 is 7.12 Å². The van der Waals surface area contributed by atoms with E-state index in [1.54, 1.807) is 0 Å². The summed E-state index contributed by atoms with van der Waals surface area (Å²) in [7, 11) is -0.349. The standard InChI is InChI=1S/C32H29BO2/c1-31(2)32(3,4)35-33(34-31)28-18-17-24-20-27(16-14-25(24)21-28)30-12-8-7-11-29(30)26-15-13-22-9-5-6-10-23(22)19-26/h5-21H,1-4H3. The predicted octanol–water partition coefficient (Wildman–Crippen LogP) is 7.63. The van der Waals surface area contributed by atoms with Gasteiger partial charge in [0.2, 0.25) is 0 Å². The topological polar surface area (TPSA) is 18.5 Å². The molecule has 1 fully saturated rings. The molecule has 0 bridgehead atoms. The summed E-state index contributed by atoms with van der Waals surface area (Å²) in [6, 6.07) is 37.1. The van der Waals surface area contributed by atoms with Gasteiger partial charge in [-0.15, -0.1) is 0 Å². The van der Waals surface area contributed by atoms with Crippen molar-refractivity contribution in [2.45, 2.75) is 38.9 Å². The summed E-state index contributed by atoms with van der Waals surface area (Å²) in [6.07, 6.45) is 0. The summed E-state index contributed by atoms with van der Waals surface area (Å²) in [4.78, 5) is 0. The van der Waals surface area contributed by atoms with E-state index in [-0.39, 0.29) is 18.3 Å². The molecule has 0 radical (unpaired) electrons. The van der Waals surface area contributed by atoms with Gasteiger partial charge < -0.3 is 9.31 Å². The van der Waals surface area contributed by atoms with Gasteiger partial charge in [0.25, 0.3) is 0 Å². The van der Waals surface area contributed by atoms with E-state index in [1.807, 2.05) is 0 Å². The third kappa shape index (κ3) is 3.85. The van der Waals surface area contributed by atoms with E-state index < -0.39 is 0 Å². The van der Waals surface area contributed by atoms with Crippen LogP contribution in [0.4, 0.5) is 0 Å². The Morgan fingerprint density at radius 2 is 0.943 bits per heavy atom. The van der Waals surface area contributed by atoms with Crippen LogP contribution in [-0.4, -0.2) is 18.3 Å². The Balaban J connectivity index is 1.38. The summed E-state index contributed by atoms with van der Waals surface area (Å²) in [5, 5.41) is 4.91. The van der Waals surface area contributed by atoms with Crippen molar-refractivity contribution >= 4 is 34.1 Å². The first-order chi connectivity index (χ1) is 16.8. The average molecular weight is 456 g/mol. The van der Waals surface area contributed by atoms with E-state index in [0.717, 1.165) is 5.46 Å². The molecule has 0 aliphatic carbocycles. The molecule has 1 heterocycles. The maximum atomic E-state index is 6.27. The van der Waals surface area contributed by atoms with E-state index >= 15 is 0 Å². The maximum Gasteiger partial charge on any atom is 0.494 e. The highest BCUT2D eigenvalue weighted by Crippen LogP contribution is 2.37. The molecule has 5 aromatic carbocycles. The molecule has 0 saturated carbocycles. The SMILES string of the molecule is CC1(C)OB(c2ccc3cc(-c4ccccc4-c4ccc5ccccc5c4)ccc3c2)OC1(C)C. The fraction of sp³-hybridized carbons (Fsp3) is 0.188. The molecule has 0 atom stereocenters. The van der Waals surface area contributed by atoms with E-state index in [4.69, 9.17) is 9.31 Å². The summed E-state index contributed by atoms with van der Waals surface area (Å²) in [6.45, 7) is 8.36. The highest BCUT2D eigenvalue weighted by atomic mass is 16.7. The largest absolute Gasteiger partial charge is 0.494 e. The van der Waals surface area contributed by atoms with Crippen molar-refractivity contribution in [2.75, 3.05) is 0 Å². The van der Waals surface area contributed by atoms with Crippen LogP contribution in [-0.2, 0) is 9.31 Å². The van der Waals surface area contributed by atoms with Gasteiger partial charge in [-0.25, -0.2) is 0 Å². The molecule has 1 aliphatic heterocycles. The maximum absolute atomic E-state index is 6.27. The molecule has 0 spiro atoms. The molecule has 35 heavy (non-hydrogen) atoms. The zero-order chi connectivity index (χ0) is 24.2. The van der Waals surface area contributed by atoms with Gasteiger partial charge in [-0.05, 0) is 89.1 Å². The smallest absolute Gasteiger partial charge is 0.399 e. The molecule has 6 rings (SSSR count). The van der Waals surface area contributed by atoms with Crippen LogP contribution in [0, 0.1) is 0 Å². The zero-order valence-corrected chi connectivity index (χ0v) is 20.7. The van der Waals surface area contributed by atoms with Crippen LogP contribution in [0.2, 0.25) is 0 Å². The number of hydrogen-bond donors (Lipinski definition) is 0. The fourth-order valence-corrected chi connectivity index (χ4v) is 4.90. The number of fused-ring (bicyclic) bond motifs is 2. The van der Waals surface area contributed by atoms with Gasteiger partial charge in [0.15, 0.2) is 0 Å². The molecule has 2 nitrogen and oxygen atoms in total. The molecule has 172 valence electrons.